The molecule has 1 aliphatic rings. The highest BCUT2D eigenvalue weighted by atomic mass is 79.9. The van der Waals surface area contributed by atoms with Gasteiger partial charge in [-0.25, -0.2) is 4.79 Å². The molecule has 2 unspecified atom stereocenters. The number of thiophene rings is 1. The zero-order chi connectivity index (χ0) is 14.5. The molecule has 5 nitrogen and oxygen atoms in total. The number of aliphatic carboxylic acids is 1. The van der Waals surface area contributed by atoms with Gasteiger partial charge in [-0.15, -0.1) is 11.3 Å². The third-order valence-electron chi connectivity index (χ3n) is 3.41. The van der Waals surface area contributed by atoms with E-state index in [4.69, 9.17) is 5.11 Å². The van der Waals surface area contributed by atoms with Crippen LogP contribution in [-0.4, -0.2) is 23.1 Å². The minimum absolute atomic E-state index is 0.0417. The third kappa shape index (κ3) is 4.49. The molecule has 2 rings (SSSR count). The van der Waals surface area contributed by atoms with Crippen molar-refractivity contribution in [3.63, 3.8) is 0 Å². The van der Waals surface area contributed by atoms with Crippen molar-refractivity contribution in [3.05, 3.63) is 20.8 Å². The highest BCUT2D eigenvalue weighted by Gasteiger charge is 2.27. The average molecular weight is 361 g/mol. The Bertz CT molecular complexity index is 492. The smallest absolute Gasteiger partial charge is 0.315 e. The fraction of sp³-hybridized carbons (Fsp3) is 0.538. The zero-order valence-electron chi connectivity index (χ0n) is 10.9. The van der Waals surface area contributed by atoms with Crippen LogP contribution in [-0.2, 0) is 11.3 Å². The van der Waals surface area contributed by atoms with Gasteiger partial charge in [-0.2, -0.15) is 0 Å². The quantitative estimate of drug-likeness (QED) is 0.772. The predicted octanol–water partition coefficient (Wildman–Crippen LogP) is 2.95. The number of carbonyl (C=O) groups excluding carboxylic acids is 1. The van der Waals surface area contributed by atoms with Crippen molar-refractivity contribution in [2.75, 3.05) is 0 Å². The summed E-state index contributed by atoms with van der Waals surface area (Å²) < 4.78 is 1.03. The first-order valence-electron chi connectivity index (χ1n) is 6.56. The second-order valence-corrected chi connectivity index (χ2v) is 7.48. The van der Waals surface area contributed by atoms with Crippen molar-refractivity contribution in [3.8, 4) is 0 Å². The van der Waals surface area contributed by atoms with Crippen molar-refractivity contribution >= 4 is 39.3 Å². The van der Waals surface area contributed by atoms with Gasteiger partial charge >= 0.3 is 12.0 Å². The molecule has 0 radical (unpaired) electrons. The molecule has 1 heterocycles. The summed E-state index contributed by atoms with van der Waals surface area (Å²) in [5, 5.41) is 14.7. The number of carbonyl (C=O) groups is 2. The van der Waals surface area contributed by atoms with Gasteiger partial charge in [0.25, 0.3) is 0 Å². The topological polar surface area (TPSA) is 78.4 Å². The lowest BCUT2D eigenvalue weighted by atomic mass is 9.86. The van der Waals surface area contributed by atoms with Gasteiger partial charge in [0.05, 0.1) is 16.2 Å². The summed E-state index contributed by atoms with van der Waals surface area (Å²) in [5.41, 5.74) is 0. The molecule has 1 aliphatic carbocycles. The van der Waals surface area contributed by atoms with Gasteiger partial charge in [0.2, 0.25) is 0 Å². The van der Waals surface area contributed by atoms with Gasteiger partial charge in [-0.3, -0.25) is 4.79 Å². The summed E-state index contributed by atoms with van der Waals surface area (Å²) >= 11 is 4.95. The molecule has 1 aromatic rings. The third-order valence-corrected chi connectivity index (χ3v) is 5.03. The van der Waals surface area contributed by atoms with Crippen LogP contribution in [0.4, 0.5) is 4.79 Å². The van der Waals surface area contributed by atoms with E-state index in [1.807, 2.05) is 12.1 Å². The Kier molecular flexibility index (Phi) is 5.42. The van der Waals surface area contributed by atoms with Crippen LogP contribution in [0.15, 0.2) is 15.9 Å². The maximum Gasteiger partial charge on any atom is 0.315 e. The summed E-state index contributed by atoms with van der Waals surface area (Å²) in [6, 6.07) is 3.62. The number of nitrogens with one attached hydrogen (secondary N) is 2. The summed E-state index contributed by atoms with van der Waals surface area (Å²) in [5.74, 6) is -1.09. The molecule has 3 N–H and O–H groups in total. The van der Waals surface area contributed by atoms with Gasteiger partial charge in [0, 0.05) is 10.9 Å². The van der Waals surface area contributed by atoms with E-state index in [0.717, 1.165) is 21.5 Å². The highest BCUT2D eigenvalue weighted by Crippen LogP contribution is 2.24. The van der Waals surface area contributed by atoms with E-state index in [1.165, 1.54) is 0 Å². The zero-order valence-corrected chi connectivity index (χ0v) is 13.3. The molecule has 110 valence electrons. The molecule has 2 amide bonds. The minimum atomic E-state index is -0.764. The molecule has 1 saturated carbocycles. The van der Waals surface area contributed by atoms with E-state index in [0.29, 0.717) is 19.4 Å². The normalized spacial score (nSPS) is 22.2. The second kappa shape index (κ2) is 7.08. The van der Waals surface area contributed by atoms with Gasteiger partial charge < -0.3 is 15.7 Å². The molecule has 0 spiro atoms. The van der Waals surface area contributed by atoms with Crippen LogP contribution >= 0.6 is 27.3 Å². The molecule has 0 aliphatic heterocycles. The van der Waals surface area contributed by atoms with Crippen molar-refractivity contribution in [2.45, 2.75) is 38.3 Å². The molecule has 0 aromatic carbocycles. The molecule has 2 atom stereocenters. The molecule has 0 saturated heterocycles. The highest BCUT2D eigenvalue weighted by molar-refractivity contribution is 9.11. The van der Waals surface area contributed by atoms with Gasteiger partial charge in [-0.1, -0.05) is 6.42 Å². The van der Waals surface area contributed by atoms with E-state index < -0.39 is 5.97 Å². The number of amides is 2. The lowest BCUT2D eigenvalue weighted by Gasteiger charge is -2.27. The van der Waals surface area contributed by atoms with Crippen molar-refractivity contribution in [1.29, 1.82) is 0 Å². The van der Waals surface area contributed by atoms with E-state index >= 15 is 0 Å². The van der Waals surface area contributed by atoms with E-state index in [-0.39, 0.29) is 18.0 Å². The fourth-order valence-corrected chi connectivity index (χ4v) is 3.82. The lowest BCUT2D eigenvalue weighted by molar-refractivity contribution is -0.143. The first-order chi connectivity index (χ1) is 9.54. The number of hydrogen-bond donors (Lipinski definition) is 3. The number of carboxylic acids is 1. The summed E-state index contributed by atoms with van der Waals surface area (Å²) in [6.07, 6.45) is 2.92. The van der Waals surface area contributed by atoms with Crippen LogP contribution in [0.3, 0.4) is 0 Å². The Labute approximate surface area is 129 Å². The number of halogens is 1. The monoisotopic (exact) mass is 360 g/mol. The Morgan fingerprint density at radius 1 is 1.40 bits per heavy atom. The van der Waals surface area contributed by atoms with Crippen LogP contribution in [0.25, 0.3) is 0 Å². The SMILES string of the molecule is O=C(NCc1ccc(Br)s1)NC1CCCC(C(=O)O)C1. The maximum absolute atomic E-state index is 11.8. The Morgan fingerprint density at radius 2 is 2.20 bits per heavy atom. The first-order valence-corrected chi connectivity index (χ1v) is 8.17. The van der Waals surface area contributed by atoms with Crippen molar-refractivity contribution in [2.24, 2.45) is 5.92 Å². The van der Waals surface area contributed by atoms with Crippen LogP contribution in [0.1, 0.15) is 30.6 Å². The largest absolute Gasteiger partial charge is 0.481 e. The van der Waals surface area contributed by atoms with Crippen LogP contribution < -0.4 is 10.6 Å². The van der Waals surface area contributed by atoms with E-state index in [9.17, 15) is 9.59 Å². The molecule has 1 aromatic heterocycles. The Hall–Kier alpha value is -1.08. The van der Waals surface area contributed by atoms with Gasteiger partial charge in [0.15, 0.2) is 0 Å². The van der Waals surface area contributed by atoms with Crippen LogP contribution in [0.5, 0.6) is 0 Å². The molecule has 0 bridgehead atoms. The van der Waals surface area contributed by atoms with Crippen molar-refractivity contribution in [1.82, 2.24) is 10.6 Å². The summed E-state index contributed by atoms with van der Waals surface area (Å²) in [4.78, 5) is 23.8. The maximum atomic E-state index is 11.8. The summed E-state index contributed by atoms with van der Waals surface area (Å²) in [7, 11) is 0. The van der Waals surface area contributed by atoms with E-state index in [2.05, 4.69) is 26.6 Å². The minimum Gasteiger partial charge on any atom is -0.481 e. The average Bonchev–Trinajstić information content (AvgIpc) is 2.82. The van der Waals surface area contributed by atoms with Crippen LogP contribution in [0, 0.1) is 5.92 Å². The molecular weight excluding hydrogens is 344 g/mol. The number of rotatable bonds is 4. The van der Waals surface area contributed by atoms with Crippen molar-refractivity contribution < 1.29 is 14.7 Å². The van der Waals surface area contributed by atoms with Crippen LogP contribution in [0.2, 0.25) is 0 Å². The number of urea groups is 1. The lowest BCUT2D eigenvalue weighted by Crippen LogP contribution is -2.44. The standard InChI is InChI=1S/C13H17BrN2O3S/c14-11-5-4-10(20-11)7-15-13(19)16-9-3-1-2-8(6-9)12(17)18/h4-5,8-9H,1-3,6-7H2,(H,17,18)(H2,15,16,19). The van der Waals surface area contributed by atoms with Gasteiger partial charge in [0.1, 0.15) is 0 Å². The molecule has 20 heavy (non-hydrogen) atoms. The Morgan fingerprint density at radius 3 is 2.85 bits per heavy atom. The Balaban J connectivity index is 1.75. The number of carboxylic acid groups (broad SMARTS) is 1. The molecular formula is C13H17BrN2O3S. The second-order valence-electron chi connectivity index (χ2n) is 4.93. The summed E-state index contributed by atoms with van der Waals surface area (Å²) in [6.45, 7) is 0.483. The molecule has 7 heteroatoms. The van der Waals surface area contributed by atoms with Gasteiger partial charge in [-0.05, 0) is 47.3 Å². The van der Waals surface area contributed by atoms with E-state index in [1.54, 1.807) is 11.3 Å². The predicted molar refractivity (Wildman–Crippen MR) is 80.8 cm³/mol. The first kappa shape index (κ1) is 15.3. The fourth-order valence-electron chi connectivity index (χ4n) is 2.40. The molecule has 1 fully saturated rings. The number of hydrogen-bond acceptors (Lipinski definition) is 3.